The molecule has 0 aliphatic carbocycles. The standard InChI is InChI=1S/C23H20FNO3/c24-19-10-6-17(7-11-19)22-16-25(14-15-27-22)23(26)18-8-12-21(13-9-18)28-20-4-2-1-3-5-20/h1-13,22H,14-16H2. The van der Waals surface area contributed by atoms with Crippen LogP contribution >= 0.6 is 0 Å². The molecular formula is C23H20FNO3. The van der Waals surface area contributed by atoms with Crippen molar-refractivity contribution in [2.45, 2.75) is 6.10 Å². The zero-order valence-electron chi connectivity index (χ0n) is 15.3. The number of morpholine rings is 1. The molecule has 0 radical (unpaired) electrons. The molecule has 0 N–H and O–H groups in total. The van der Waals surface area contributed by atoms with Crippen molar-refractivity contribution in [3.63, 3.8) is 0 Å². The van der Waals surface area contributed by atoms with Crippen molar-refractivity contribution < 1.29 is 18.7 Å². The zero-order chi connectivity index (χ0) is 19.3. The number of carbonyl (C=O) groups excluding carboxylic acids is 1. The van der Waals surface area contributed by atoms with Crippen LogP contribution in [-0.4, -0.2) is 30.5 Å². The minimum absolute atomic E-state index is 0.0540. The summed E-state index contributed by atoms with van der Waals surface area (Å²) in [6.07, 6.45) is -0.251. The number of ether oxygens (including phenoxy) is 2. The maximum Gasteiger partial charge on any atom is 0.254 e. The Morgan fingerprint density at radius 3 is 2.32 bits per heavy atom. The Hall–Kier alpha value is -3.18. The van der Waals surface area contributed by atoms with Crippen molar-refractivity contribution in [3.8, 4) is 11.5 Å². The predicted octanol–water partition coefficient (Wildman–Crippen LogP) is 4.83. The van der Waals surface area contributed by atoms with Crippen LogP contribution in [-0.2, 0) is 4.74 Å². The van der Waals surface area contributed by atoms with Crippen LogP contribution in [0.3, 0.4) is 0 Å². The molecule has 1 amide bonds. The van der Waals surface area contributed by atoms with Crippen molar-refractivity contribution in [2.24, 2.45) is 0 Å². The lowest BCUT2D eigenvalue weighted by Crippen LogP contribution is -2.42. The number of carbonyl (C=O) groups is 1. The summed E-state index contributed by atoms with van der Waals surface area (Å²) in [5, 5.41) is 0. The number of hydrogen-bond donors (Lipinski definition) is 0. The second-order valence-corrected chi connectivity index (χ2v) is 6.60. The minimum Gasteiger partial charge on any atom is -0.457 e. The second kappa shape index (κ2) is 8.23. The monoisotopic (exact) mass is 377 g/mol. The Morgan fingerprint density at radius 2 is 1.61 bits per heavy atom. The number of hydrogen-bond acceptors (Lipinski definition) is 3. The van der Waals surface area contributed by atoms with Gasteiger partial charge in [0.05, 0.1) is 13.2 Å². The van der Waals surface area contributed by atoms with E-state index >= 15 is 0 Å². The molecule has 5 heteroatoms. The number of benzene rings is 3. The summed E-state index contributed by atoms with van der Waals surface area (Å²) in [6.45, 7) is 1.41. The molecule has 4 nitrogen and oxygen atoms in total. The first kappa shape index (κ1) is 18.2. The van der Waals surface area contributed by atoms with Crippen molar-refractivity contribution in [2.75, 3.05) is 19.7 Å². The average Bonchev–Trinajstić information content (AvgIpc) is 2.75. The third-order valence-corrected chi connectivity index (χ3v) is 4.68. The molecule has 1 fully saturated rings. The molecule has 28 heavy (non-hydrogen) atoms. The van der Waals surface area contributed by atoms with Crippen molar-refractivity contribution in [1.82, 2.24) is 4.90 Å². The average molecular weight is 377 g/mol. The van der Waals surface area contributed by atoms with Gasteiger partial charge in [0, 0.05) is 12.1 Å². The van der Waals surface area contributed by atoms with Gasteiger partial charge in [0.1, 0.15) is 23.4 Å². The molecule has 1 aliphatic heterocycles. The fraction of sp³-hybridized carbons (Fsp3) is 0.174. The lowest BCUT2D eigenvalue weighted by molar-refractivity contribution is -0.0228. The van der Waals surface area contributed by atoms with E-state index in [1.165, 1.54) is 12.1 Å². The lowest BCUT2D eigenvalue weighted by Gasteiger charge is -2.33. The van der Waals surface area contributed by atoms with E-state index in [2.05, 4.69) is 0 Å². The summed E-state index contributed by atoms with van der Waals surface area (Å²) in [4.78, 5) is 14.6. The summed E-state index contributed by atoms with van der Waals surface area (Å²) >= 11 is 0. The Bertz CT molecular complexity index is 926. The molecule has 0 aromatic heterocycles. The van der Waals surface area contributed by atoms with Crippen LogP contribution < -0.4 is 4.74 Å². The summed E-state index contributed by atoms with van der Waals surface area (Å²) < 4.78 is 24.7. The highest BCUT2D eigenvalue weighted by molar-refractivity contribution is 5.94. The van der Waals surface area contributed by atoms with Gasteiger partial charge >= 0.3 is 0 Å². The van der Waals surface area contributed by atoms with Crippen LogP contribution in [0.25, 0.3) is 0 Å². The van der Waals surface area contributed by atoms with Crippen molar-refractivity contribution in [3.05, 3.63) is 95.8 Å². The molecule has 1 atom stereocenters. The first-order valence-electron chi connectivity index (χ1n) is 9.18. The third-order valence-electron chi connectivity index (χ3n) is 4.68. The maximum atomic E-state index is 13.1. The molecule has 0 saturated carbocycles. The fourth-order valence-corrected chi connectivity index (χ4v) is 3.19. The normalized spacial score (nSPS) is 16.6. The zero-order valence-corrected chi connectivity index (χ0v) is 15.3. The van der Waals surface area contributed by atoms with Crippen LogP contribution in [0.5, 0.6) is 11.5 Å². The molecule has 4 rings (SSSR count). The van der Waals surface area contributed by atoms with Gasteiger partial charge in [-0.3, -0.25) is 4.79 Å². The molecule has 142 valence electrons. The third kappa shape index (κ3) is 4.21. The van der Waals surface area contributed by atoms with E-state index in [4.69, 9.17) is 9.47 Å². The SMILES string of the molecule is O=C(c1ccc(Oc2ccccc2)cc1)N1CCOC(c2ccc(F)cc2)C1. The van der Waals surface area contributed by atoms with E-state index in [0.29, 0.717) is 31.0 Å². The minimum atomic E-state index is -0.287. The Kier molecular flexibility index (Phi) is 5.35. The molecule has 0 spiro atoms. The van der Waals surface area contributed by atoms with Crippen LogP contribution in [0.1, 0.15) is 22.0 Å². The van der Waals surface area contributed by atoms with Gasteiger partial charge in [0.25, 0.3) is 5.91 Å². The highest BCUT2D eigenvalue weighted by Crippen LogP contribution is 2.25. The first-order chi connectivity index (χ1) is 13.7. The van der Waals surface area contributed by atoms with Crippen LogP contribution in [0, 0.1) is 5.82 Å². The van der Waals surface area contributed by atoms with E-state index in [0.717, 1.165) is 11.3 Å². The number of rotatable bonds is 4. The van der Waals surface area contributed by atoms with Gasteiger partial charge in [-0.15, -0.1) is 0 Å². The second-order valence-electron chi connectivity index (χ2n) is 6.60. The summed E-state index contributed by atoms with van der Waals surface area (Å²) in [5.74, 6) is 1.08. The highest BCUT2D eigenvalue weighted by atomic mass is 19.1. The maximum absolute atomic E-state index is 13.1. The smallest absolute Gasteiger partial charge is 0.254 e. The summed E-state index contributed by atoms with van der Waals surface area (Å²) in [7, 11) is 0. The number of halogens is 1. The highest BCUT2D eigenvalue weighted by Gasteiger charge is 2.26. The van der Waals surface area contributed by atoms with Gasteiger partial charge < -0.3 is 14.4 Å². The predicted molar refractivity (Wildman–Crippen MR) is 104 cm³/mol. The molecule has 1 saturated heterocycles. The molecule has 3 aromatic carbocycles. The fourth-order valence-electron chi connectivity index (χ4n) is 3.19. The summed E-state index contributed by atoms with van der Waals surface area (Å²) in [6, 6.07) is 22.8. The quantitative estimate of drug-likeness (QED) is 0.654. The van der Waals surface area contributed by atoms with Gasteiger partial charge in [-0.2, -0.15) is 0 Å². The molecule has 1 unspecified atom stereocenters. The van der Waals surface area contributed by atoms with E-state index in [1.807, 2.05) is 30.3 Å². The molecular weight excluding hydrogens is 357 g/mol. The van der Waals surface area contributed by atoms with E-state index in [-0.39, 0.29) is 17.8 Å². The lowest BCUT2D eigenvalue weighted by atomic mass is 10.1. The molecule has 0 bridgehead atoms. The van der Waals surface area contributed by atoms with Gasteiger partial charge in [-0.25, -0.2) is 4.39 Å². The van der Waals surface area contributed by atoms with Gasteiger partial charge in [0.15, 0.2) is 0 Å². The number of para-hydroxylation sites is 1. The largest absolute Gasteiger partial charge is 0.457 e. The van der Waals surface area contributed by atoms with Crippen molar-refractivity contribution >= 4 is 5.91 Å². The number of nitrogens with zero attached hydrogens (tertiary/aromatic N) is 1. The molecule has 1 aliphatic rings. The van der Waals surface area contributed by atoms with Crippen LogP contribution in [0.4, 0.5) is 4.39 Å². The first-order valence-corrected chi connectivity index (χ1v) is 9.18. The van der Waals surface area contributed by atoms with E-state index < -0.39 is 0 Å². The summed E-state index contributed by atoms with van der Waals surface area (Å²) in [5.41, 5.74) is 1.46. The Labute approximate surface area is 163 Å². The molecule has 1 heterocycles. The van der Waals surface area contributed by atoms with Crippen LogP contribution in [0.15, 0.2) is 78.9 Å². The Balaban J connectivity index is 1.42. The van der Waals surface area contributed by atoms with E-state index in [1.54, 1.807) is 41.3 Å². The van der Waals surface area contributed by atoms with Gasteiger partial charge in [-0.1, -0.05) is 30.3 Å². The van der Waals surface area contributed by atoms with Crippen LogP contribution in [0.2, 0.25) is 0 Å². The molecule has 3 aromatic rings. The number of amides is 1. The van der Waals surface area contributed by atoms with Gasteiger partial charge in [0.2, 0.25) is 0 Å². The van der Waals surface area contributed by atoms with Crippen molar-refractivity contribution in [1.29, 1.82) is 0 Å². The van der Waals surface area contributed by atoms with Gasteiger partial charge in [-0.05, 0) is 54.1 Å². The topological polar surface area (TPSA) is 38.8 Å². The van der Waals surface area contributed by atoms with E-state index in [9.17, 15) is 9.18 Å². The Morgan fingerprint density at radius 1 is 0.929 bits per heavy atom.